The largest absolute Gasteiger partial charge is 0.313 e. The molecule has 5 heteroatoms. The van der Waals surface area contributed by atoms with E-state index in [-0.39, 0.29) is 0 Å². The van der Waals surface area contributed by atoms with Crippen molar-refractivity contribution in [2.45, 2.75) is 31.5 Å². The highest BCUT2D eigenvalue weighted by atomic mass is 32.2. The maximum Gasteiger partial charge on any atom is 0.243 e. The van der Waals surface area contributed by atoms with Gasteiger partial charge in [0.1, 0.15) is 0 Å². The van der Waals surface area contributed by atoms with E-state index in [1.54, 1.807) is 12.1 Å². The summed E-state index contributed by atoms with van der Waals surface area (Å²) in [5, 5.41) is 3.25. The van der Waals surface area contributed by atoms with Gasteiger partial charge in [-0.15, -0.1) is 0 Å². The summed E-state index contributed by atoms with van der Waals surface area (Å²) in [5.74, 6) is 0. The van der Waals surface area contributed by atoms with E-state index in [9.17, 15) is 8.42 Å². The molecule has 146 valence electrons. The third-order valence-electron chi connectivity index (χ3n) is 4.54. The van der Waals surface area contributed by atoms with Gasteiger partial charge in [-0.2, -0.15) is 4.31 Å². The van der Waals surface area contributed by atoms with Crippen LogP contribution in [-0.2, 0) is 29.7 Å². The molecule has 0 aliphatic carbocycles. The molecule has 3 aromatic carbocycles. The van der Waals surface area contributed by atoms with E-state index < -0.39 is 10.0 Å². The lowest BCUT2D eigenvalue weighted by molar-refractivity contribution is 0.401. The maximum atomic E-state index is 13.4. The highest BCUT2D eigenvalue weighted by Crippen LogP contribution is 2.21. The first-order valence-electron chi connectivity index (χ1n) is 9.47. The Morgan fingerprint density at radius 3 is 1.68 bits per heavy atom. The number of nitrogens with zero attached hydrogens (tertiary/aromatic N) is 1. The van der Waals surface area contributed by atoms with Crippen molar-refractivity contribution in [3.8, 4) is 0 Å². The lowest BCUT2D eigenvalue weighted by Crippen LogP contribution is -2.30. The van der Waals surface area contributed by atoms with Crippen LogP contribution in [0.25, 0.3) is 0 Å². The molecule has 28 heavy (non-hydrogen) atoms. The summed E-state index contributed by atoms with van der Waals surface area (Å²) in [5.41, 5.74) is 3.00. The zero-order valence-electron chi connectivity index (χ0n) is 16.1. The van der Waals surface area contributed by atoms with Gasteiger partial charge in [-0.25, -0.2) is 8.42 Å². The number of sulfonamides is 1. The van der Waals surface area contributed by atoms with Gasteiger partial charge in [0, 0.05) is 19.6 Å². The van der Waals surface area contributed by atoms with Gasteiger partial charge in [-0.3, -0.25) is 0 Å². The van der Waals surface area contributed by atoms with Gasteiger partial charge in [0.2, 0.25) is 10.0 Å². The van der Waals surface area contributed by atoms with Crippen LogP contribution in [0.5, 0.6) is 0 Å². The highest BCUT2D eigenvalue weighted by molar-refractivity contribution is 7.89. The van der Waals surface area contributed by atoms with E-state index in [0.717, 1.165) is 29.8 Å². The molecule has 0 spiro atoms. The summed E-state index contributed by atoms with van der Waals surface area (Å²) in [6, 6.07) is 26.5. The molecule has 0 atom stereocenters. The minimum absolute atomic E-state index is 0.319. The predicted molar refractivity (Wildman–Crippen MR) is 113 cm³/mol. The zero-order chi connectivity index (χ0) is 19.8. The Labute approximate surface area is 167 Å². The normalized spacial score (nSPS) is 11.6. The predicted octanol–water partition coefficient (Wildman–Crippen LogP) is 4.19. The summed E-state index contributed by atoms with van der Waals surface area (Å²) >= 11 is 0. The molecular weight excluding hydrogens is 368 g/mol. The van der Waals surface area contributed by atoms with Crippen molar-refractivity contribution in [3.05, 3.63) is 102 Å². The summed E-state index contributed by atoms with van der Waals surface area (Å²) in [6.45, 7) is 4.31. The minimum atomic E-state index is -3.62. The molecule has 0 fully saturated rings. The molecule has 1 N–H and O–H groups in total. The zero-order valence-corrected chi connectivity index (χ0v) is 16.9. The molecule has 0 aromatic heterocycles. The van der Waals surface area contributed by atoms with Crippen LogP contribution in [0.1, 0.15) is 23.6 Å². The quantitative estimate of drug-likeness (QED) is 0.592. The molecule has 3 aromatic rings. The molecule has 0 amide bonds. The Kier molecular flexibility index (Phi) is 6.98. The summed E-state index contributed by atoms with van der Waals surface area (Å²) < 4.78 is 28.3. The van der Waals surface area contributed by atoms with E-state index in [2.05, 4.69) is 5.32 Å². The van der Waals surface area contributed by atoms with E-state index in [1.807, 2.05) is 79.7 Å². The first kappa shape index (κ1) is 20.3. The van der Waals surface area contributed by atoms with Crippen molar-refractivity contribution in [2.24, 2.45) is 0 Å². The molecule has 0 saturated carbocycles. The first-order chi connectivity index (χ1) is 13.6. The molecule has 4 nitrogen and oxygen atoms in total. The second kappa shape index (κ2) is 9.64. The van der Waals surface area contributed by atoms with Crippen LogP contribution in [0.4, 0.5) is 0 Å². The van der Waals surface area contributed by atoms with Gasteiger partial charge >= 0.3 is 0 Å². The van der Waals surface area contributed by atoms with Crippen LogP contribution in [0.2, 0.25) is 0 Å². The lowest BCUT2D eigenvalue weighted by Gasteiger charge is -2.23. The number of hydrogen-bond acceptors (Lipinski definition) is 3. The summed E-state index contributed by atoms with van der Waals surface area (Å²) in [6.07, 6.45) is 0. The Morgan fingerprint density at radius 1 is 0.714 bits per heavy atom. The van der Waals surface area contributed by atoms with Crippen LogP contribution < -0.4 is 5.32 Å². The molecule has 0 aliphatic rings. The van der Waals surface area contributed by atoms with Crippen molar-refractivity contribution >= 4 is 10.0 Å². The van der Waals surface area contributed by atoms with Gasteiger partial charge < -0.3 is 5.32 Å². The third-order valence-corrected chi connectivity index (χ3v) is 6.35. The Balaban J connectivity index is 1.88. The van der Waals surface area contributed by atoms with Gasteiger partial charge in [-0.05, 0) is 35.4 Å². The van der Waals surface area contributed by atoms with E-state index in [4.69, 9.17) is 0 Å². The van der Waals surface area contributed by atoms with Crippen LogP contribution in [0, 0.1) is 0 Å². The number of nitrogens with one attached hydrogen (secondary N) is 1. The second-order valence-corrected chi connectivity index (χ2v) is 8.61. The average molecular weight is 395 g/mol. The molecule has 0 unspecified atom stereocenters. The number of hydrogen-bond donors (Lipinski definition) is 1. The molecule has 0 bridgehead atoms. The van der Waals surface area contributed by atoms with Crippen LogP contribution in [0.3, 0.4) is 0 Å². The van der Waals surface area contributed by atoms with Crippen LogP contribution >= 0.6 is 0 Å². The maximum absolute atomic E-state index is 13.4. The molecular formula is C23H26N2O2S. The smallest absolute Gasteiger partial charge is 0.243 e. The van der Waals surface area contributed by atoms with Gasteiger partial charge in [-0.1, -0.05) is 79.7 Å². The SMILES string of the molecule is CCNCc1ccc(S(=O)(=O)N(Cc2ccccc2)Cc2ccccc2)cc1. The highest BCUT2D eigenvalue weighted by Gasteiger charge is 2.25. The Bertz CT molecular complexity index is 915. The van der Waals surface area contributed by atoms with Gasteiger partial charge in [0.25, 0.3) is 0 Å². The minimum Gasteiger partial charge on any atom is -0.313 e. The summed E-state index contributed by atoms with van der Waals surface area (Å²) in [4.78, 5) is 0.319. The number of rotatable bonds is 9. The summed E-state index contributed by atoms with van der Waals surface area (Å²) in [7, 11) is -3.62. The molecule has 0 radical (unpaired) electrons. The fraction of sp³-hybridized carbons (Fsp3) is 0.217. The van der Waals surface area contributed by atoms with E-state index in [0.29, 0.717) is 18.0 Å². The first-order valence-corrected chi connectivity index (χ1v) is 10.9. The topological polar surface area (TPSA) is 49.4 Å². The van der Waals surface area contributed by atoms with Crippen LogP contribution in [-0.4, -0.2) is 19.3 Å². The van der Waals surface area contributed by atoms with Crippen molar-refractivity contribution < 1.29 is 8.42 Å². The van der Waals surface area contributed by atoms with Crippen molar-refractivity contribution in [1.82, 2.24) is 9.62 Å². The number of benzene rings is 3. The Hall–Kier alpha value is -2.47. The van der Waals surface area contributed by atoms with Crippen molar-refractivity contribution in [3.63, 3.8) is 0 Å². The van der Waals surface area contributed by atoms with Crippen molar-refractivity contribution in [1.29, 1.82) is 0 Å². The Morgan fingerprint density at radius 2 is 1.21 bits per heavy atom. The molecule has 0 aliphatic heterocycles. The second-order valence-electron chi connectivity index (χ2n) is 6.67. The molecule has 0 saturated heterocycles. The lowest BCUT2D eigenvalue weighted by atomic mass is 10.2. The third kappa shape index (κ3) is 5.29. The van der Waals surface area contributed by atoms with Gasteiger partial charge in [0.15, 0.2) is 0 Å². The van der Waals surface area contributed by atoms with E-state index in [1.165, 1.54) is 4.31 Å². The monoisotopic (exact) mass is 394 g/mol. The molecule has 3 rings (SSSR count). The fourth-order valence-corrected chi connectivity index (χ4v) is 4.41. The van der Waals surface area contributed by atoms with Gasteiger partial charge in [0.05, 0.1) is 4.90 Å². The van der Waals surface area contributed by atoms with Crippen molar-refractivity contribution in [2.75, 3.05) is 6.54 Å². The fourth-order valence-electron chi connectivity index (χ4n) is 3.00. The standard InChI is InChI=1S/C23H26N2O2S/c1-2-24-17-20-13-15-23(16-14-20)28(26,27)25(18-21-9-5-3-6-10-21)19-22-11-7-4-8-12-22/h3-16,24H,2,17-19H2,1H3. The molecule has 0 heterocycles. The average Bonchev–Trinajstić information content (AvgIpc) is 2.73. The van der Waals surface area contributed by atoms with Crippen LogP contribution in [0.15, 0.2) is 89.8 Å². The van der Waals surface area contributed by atoms with E-state index >= 15 is 0 Å².